The summed E-state index contributed by atoms with van der Waals surface area (Å²) in [5, 5.41) is 1.92. The number of nitrogens with two attached hydrogens (primary N) is 1. The highest BCUT2D eigenvalue weighted by Crippen LogP contribution is 2.17. The van der Waals surface area contributed by atoms with E-state index in [1.165, 1.54) is 0 Å². The fourth-order valence-electron chi connectivity index (χ4n) is 1.84. The topological polar surface area (TPSA) is 108 Å². The van der Waals surface area contributed by atoms with Crippen molar-refractivity contribution in [1.29, 1.82) is 0 Å². The van der Waals surface area contributed by atoms with Gasteiger partial charge in [-0.15, -0.1) is 0 Å². The van der Waals surface area contributed by atoms with E-state index in [1.807, 2.05) is 19.2 Å². The molecule has 1 aromatic carbocycles. The van der Waals surface area contributed by atoms with E-state index in [2.05, 4.69) is 0 Å². The molecule has 7 heteroatoms. The molecule has 3 amide bonds. The Hall–Kier alpha value is -2.57. The third-order valence-electron chi connectivity index (χ3n) is 3.00. The molecular weight excluding hydrogens is 312 g/mol. The summed E-state index contributed by atoms with van der Waals surface area (Å²) < 4.78 is 10.8. The lowest BCUT2D eigenvalue weighted by Gasteiger charge is -2.20. The number of amides is 3. The van der Waals surface area contributed by atoms with E-state index in [0.717, 1.165) is 0 Å². The van der Waals surface area contributed by atoms with Crippen LogP contribution in [-0.4, -0.2) is 30.6 Å². The minimum Gasteiger partial charge on any atom is -0.493 e. The van der Waals surface area contributed by atoms with E-state index in [9.17, 15) is 14.4 Å². The van der Waals surface area contributed by atoms with Crippen LogP contribution in [0.3, 0.4) is 0 Å². The fourth-order valence-corrected chi connectivity index (χ4v) is 1.84. The molecule has 0 bridgehead atoms. The minimum atomic E-state index is -1.12. The standard InChI is InChI=1S/C17H24N2O5/c1-10(2)9-23-13-7-5-6-12(8-13)16(21)24-14(11(3)4)15(20)19-17(18)22/h5-8,10-11,14H,9H2,1-4H3,(H3,18,19,20,22)/t14-/m0/s1. The number of imide groups is 1. The van der Waals surface area contributed by atoms with E-state index in [4.69, 9.17) is 15.2 Å². The second-order valence-electron chi connectivity index (χ2n) is 6.16. The first kappa shape index (κ1) is 19.5. The molecule has 0 aliphatic carbocycles. The summed E-state index contributed by atoms with van der Waals surface area (Å²) >= 11 is 0. The monoisotopic (exact) mass is 336 g/mol. The number of hydrogen-bond donors (Lipinski definition) is 2. The van der Waals surface area contributed by atoms with Gasteiger partial charge in [0.1, 0.15) is 5.75 Å². The van der Waals surface area contributed by atoms with Crippen LogP contribution in [0.25, 0.3) is 0 Å². The number of carbonyl (C=O) groups excluding carboxylic acids is 3. The van der Waals surface area contributed by atoms with Crippen LogP contribution in [-0.2, 0) is 9.53 Å². The predicted molar refractivity (Wildman–Crippen MR) is 88.5 cm³/mol. The van der Waals surface area contributed by atoms with Crippen LogP contribution in [0.1, 0.15) is 38.1 Å². The molecule has 1 aromatic rings. The van der Waals surface area contributed by atoms with Gasteiger partial charge in [-0.05, 0) is 30.0 Å². The molecule has 24 heavy (non-hydrogen) atoms. The van der Waals surface area contributed by atoms with Gasteiger partial charge in [-0.3, -0.25) is 10.1 Å². The Morgan fingerprint density at radius 1 is 1.17 bits per heavy atom. The van der Waals surface area contributed by atoms with Crippen LogP contribution in [0.2, 0.25) is 0 Å². The lowest BCUT2D eigenvalue weighted by atomic mass is 10.1. The van der Waals surface area contributed by atoms with Gasteiger partial charge in [0.2, 0.25) is 0 Å². The van der Waals surface area contributed by atoms with E-state index in [1.54, 1.807) is 38.1 Å². The Bertz CT molecular complexity index is 598. The van der Waals surface area contributed by atoms with Crippen molar-refractivity contribution >= 4 is 17.9 Å². The molecule has 0 unspecified atom stereocenters. The predicted octanol–water partition coefficient (Wildman–Crippen LogP) is 2.10. The van der Waals surface area contributed by atoms with Gasteiger partial charge in [0.25, 0.3) is 5.91 Å². The SMILES string of the molecule is CC(C)COc1cccc(C(=O)O[C@H](C(=O)NC(N)=O)C(C)C)c1. The van der Waals surface area contributed by atoms with E-state index < -0.39 is 24.0 Å². The lowest BCUT2D eigenvalue weighted by molar-refractivity contribution is -0.130. The van der Waals surface area contributed by atoms with Crippen LogP contribution in [0, 0.1) is 11.8 Å². The highest BCUT2D eigenvalue weighted by molar-refractivity contribution is 5.98. The van der Waals surface area contributed by atoms with Crippen molar-refractivity contribution in [3.05, 3.63) is 29.8 Å². The molecule has 132 valence electrons. The summed E-state index contributed by atoms with van der Waals surface area (Å²) in [7, 11) is 0. The number of carbonyl (C=O) groups is 3. The van der Waals surface area contributed by atoms with Crippen molar-refractivity contribution in [3.63, 3.8) is 0 Å². The zero-order valence-corrected chi connectivity index (χ0v) is 14.4. The third kappa shape index (κ3) is 6.28. The Balaban J connectivity index is 2.82. The molecule has 0 aliphatic rings. The number of ether oxygens (including phenoxy) is 2. The second kappa shape index (κ2) is 8.90. The van der Waals surface area contributed by atoms with Crippen molar-refractivity contribution in [3.8, 4) is 5.75 Å². The van der Waals surface area contributed by atoms with Gasteiger partial charge in [-0.25, -0.2) is 9.59 Å². The molecule has 0 aromatic heterocycles. The van der Waals surface area contributed by atoms with Crippen molar-refractivity contribution in [2.45, 2.75) is 33.8 Å². The molecular formula is C17H24N2O5. The van der Waals surface area contributed by atoms with Crippen molar-refractivity contribution in [2.75, 3.05) is 6.61 Å². The minimum absolute atomic E-state index is 0.258. The van der Waals surface area contributed by atoms with Crippen molar-refractivity contribution in [2.24, 2.45) is 17.6 Å². The maximum absolute atomic E-state index is 12.3. The Labute approximate surface area is 141 Å². The molecule has 0 spiro atoms. The number of nitrogens with one attached hydrogen (secondary N) is 1. The third-order valence-corrected chi connectivity index (χ3v) is 3.00. The fraction of sp³-hybridized carbons (Fsp3) is 0.471. The van der Waals surface area contributed by atoms with Gasteiger partial charge in [0.05, 0.1) is 12.2 Å². The zero-order valence-electron chi connectivity index (χ0n) is 14.4. The molecule has 0 saturated heterocycles. The van der Waals surface area contributed by atoms with Gasteiger partial charge < -0.3 is 15.2 Å². The van der Waals surface area contributed by atoms with Gasteiger partial charge in [0.15, 0.2) is 6.10 Å². The number of rotatable bonds is 7. The summed E-state index contributed by atoms with van der Waals surface area (Å²) in [6.45, 7) is 7.95. The van der Waals surface area contributed by atoms with Crippen LogP contribution in [0.15, 0.2) is 24.3 Å². The largest absolute Gasteiger partial charge is 0.493 e. The number of urea groups is 1. The van der Waals surface area contributed by atoms with E-state index >= 15 is 0 Å². The van der Waals surface area contributed by atoms with E-state index in [0.29, 0.717) is 18.3 Å². The van der Waals surface area contributed by atoms with Gasteiger partial charge >= 0.3 is 12.0 Å². The molecule has 3 N–H and O–H groups in total. The molecule has 0 saturated carbocycles. The summed E-state index contributed by atoms with van der Waals surface area (Å²) in [6, 6.07) is 5.52. The van der Waals surface area contributed by atoms with Crippen LogP contribution in [0.5, 0.6) is 5.75 Å². The highest BCUT2D eigenvalue weighted by atomic mass is 16.5. The van der Waals surface area contributed by atoms with Gasteiger partial charge in [-0.2, -0.15) is 0 Å². The summed E-state index contributed by atoms with van der Waals surface area (Å²) in [4.78, 5) is 35.0. The average Bonchev–Trinajstić information content (AvgIpc) is 2.49. The molecule has 1 atom stereocenters. The van der Waals surface area contributed by atoms with Crippen molar-refractivity contribution < 1.29 is 23.9 Å². The number of primary amides is 1. The Morgan fingerprint density at radius 3 is 2.38 bits per heavy atom. The number of benzene rings is 1. The van der Waals surface area contributed by atoms with Crippen LogP contribution >= 0.6 is 0 Å². The van der Waals surface area contributed by atoms with Crippen LogP contribution < -0.4 is 15.8 Å². The highest BCUT2D eigenvalue weighted by Gasteiger charge is 2.28. The summed E-state index contributed by atoms with van der Waals surface area (Å²) in [5.41, 5.74) is 5.18. The molecule has 1 rings (SSSR count). The second-order valence-corrected chi connectivity index (χ2v) is 6.16. The first-order valence-corrected chi connectivity index (χ1v) is 7.74. The van der Waals surface area contributed by atoms with Crippen molar-refractivity contribution in [1.82, 2.24) is 5.32 Å². The normalized spacial score (nSPS) is 11.9. The first-order valence-electron chi connectivity index (χ1n) is 7.74. The molecule has 7 nitrogen and oxygen atoms in total. The van der Waals surface area contributed by atoms with Gasteiger partial charge in [-0.1, -0.05) is 33.8 Å². The first-order chi connectivity index (χ1) is 11.2. The summed E-state index contributed by atoms with van der Waals surface area (Å²) in [5.74, 6) is -0.862. The number of hydrogen-bond acceptors (Lipinski definition) is 5. The average molecular weight is 336 g/mol. The molecule has 0 aliphatic heterocycles. The molecule has 0 fully saturated rings. The Morgan fingerprint density at radius 2 is 1.83 bits per heavy atom. The quantitative estimate of drug-likeness (QED) is 0.741. The zero-order chi connectivity index (χ0) is 18.3. The van der Waals surface area contributed by atoms with E-state index in [-0.39, 0.29) is 11.5 Å². The molecule has 0 radical (unpaired) electrons. The smallest absolute Gasteiger partial charge is 0.339 e. The summed E-state index contributed by atoms with van der Waals surface area (Å²) in [6.07, 6.45) is -1.12. The lowest BCUT2D eigenvalue weighted by Crippen LogP contribution is -2.45. The maximum atomic E-state index is 12.3. The maximum Gasteiger partial charge on any atom is 0.339 e. The van der Waals surface area contributed by atoms with Crippen LogP contribution in [0.4, 0.5) is 4.79 Å². The molecule has 0 heterocycles. The Kier molecular flexibility index (Phi) is 7.23. The van der Waals surface area contributed by atoms with Gasteiger partial charge in [0, 0.05) is 0 Å². The number of esters is 1.